The van der Waals surface area contributed by atoms with Gasteiger partial charge in [-0.15, -0.1) is 0 Å². The van der Waals surface area contributed by atoms with Crippen LogP contribution in [-0.4, -0.2) is 16.9 Å². The van der Waals surface area contributed by atoms with Gasteiger partial charge in [0.05, 0.1) is 29.9 Å². The molecule has 1 heterocycles. The maximum atomic E-state index is 5.45. The Kier molecular flexibility index (Phi) is 4.85. The summed E-state index contributed by atoms with van der Waals surface area (Å²) in [6, 6.07) is 26.8. The molecule has 4 rings (SSSR count). The highest BCUT2D eigenvalue weighted by molar-refractivity contribution is 5.72. The molecular formula is C24H25N3O. The fraction of sp³-hybridized carbons (Fsp3) is 0.125. The monoisotopic (exact) mass is 371 g/mol. The highest BCUT2D eigenvalue weighted by Crippen LogP contribution is 2.30. The number of anilines is 2. The van der Waals surface area contributed by atoms with Gasteiger partial charge in [0.25, 0.3) is 0 Å². The molecule has 0 amide bonds. The zero-order valence-electron chi connectivity index (χ0n) is 16.3. The van der Waals surface area contributed by atoms with Crippen molar-refractivity contribution in [2.45, 2.75) is 13.8 Å². The van der Waals surface area contributed by atoms with Crippen LogP contribution in [-0.2, 0) is 0 Å². The molecule has 1 N–H and O–H groups in total. The molecule has 0 aliphatic heterocycles. The maximum Gasteiger partial charge on any atom is 0.142 e. The fourth-order valence-electron chi connectivity index (χ4n) is 3.32. The van der Waals surface area contributed by atoms with Crippen molar-refractivity contribution in [3.63, 3.8) is 0 Å². The van der Waals surface area contributed by atoms with Crippen molar-refractivity contribution >= 4 is 11.4 Å². The van der Waals surface area contributed by atoms with E-state index >= 15 is 0 Å². The van der Waals surface area contributed by atoms with Crippen LogP contribution < -0.4 is 10.1 Å². The van der Waals surface area contributed by atoms with Crippen molar-refractivity contribution in [3.8, 4) is 22.7 Å². The van der Waals surface area contributed by atoms with Gasteiger partial charge in [0.2, 0.25) is 0 Å². The molecule has 0 radical (unpaired) electrons. The molecule has 0 atom stereocenters. The molecule has 0 spiro atoms. The van der Waals surface area contributed by atoms with E-state index in [4.69, 9.17) is 9.84 Å². The van der Waals surface area contributed by atoms with Crippen molar-refractivity contribution < 1.29 is 6.16 Å². The largest absolute Gasteiger partial charge is 0.495 e. The maximum absolute atomic E-state index is 5.45. The van der Waals surface area contributed by atoms with Gasteiger partial charge in [0, 0.05) is 12.7 Å². The summed E-state index contributed by atoms with van der Waals surface area (Å²) in [5.41, 5.74) is 7.35. The van der Waals surface area contributed by atoms with E-state index in [9.17, 15) is 0 Å². The van der Waals surface area contributed by atoms with Gasteiger partial charge in [-0.1, -0.05) is 36.4 Å². The Hall–Kier alpha value is -3.53. The highest BCUT2D eigenvalue weighted by atomic mass is 16.5. The number of hydrogen-bond donors (Lipinski definition) is 1. The standard InChI is InChI=1S/C24H23N3O.H2/c1-17-8-6-11-21(14-17)27-23(15-18(2)26-27)19-9-7-10-20(16-19)25-22-12-4-5-13-24(22)28-3;/h4-16,25H,1-3H3;1H. The van der Waals surface area contributed by atoms with Crippen molar-refractivity contribution in [2.75, 3.05) is 12.4 Å². The third-order valence-corrected chi connectivity index (χ3v) is 4.62. The zero-order valence-corrected chi connectivity index (χ0v) is 16.3. The lowest BCUT2D eigenvalue weighted by Crippen LogP contribution is -2.00. The Bertz CT molecular complexity index is 1120. The number of benzene rings is 3. The van der Waals surface area contributed by atoms with Crippen LogP contribution in [0.25, 0.3) is 16.9 Å². The number of aromatic nitrogens is 2. The average molecular weight is 371 g/mol. The van der Waals surface area contributed by atoms with E-state index in [1.54, 1.807) is 7.11 Å². The Labute approximate surface area is 166 Å². The molecule has 0 fully saturated rings. The quantitative estimate of drug-likeness (QED) is 0.457. The molecule has 4 heteroatoms. The summed E-state index contributed by atoms with van der Waals surface area (Å²) in [7, 11) is 1.68. The first kappa shape index (κ1) is 17.9. The van der Waals surface area contributed by atoms with Crippen LogP contribution in [0, 0.1) is 13.8 Å². The number of hydrogen-bond acceptors (Lipinski definition) is 3. The lowest BCUT2D eigenvalue weighted by molar-refractivity contribution is 0.417. The van der Waals surface area contributed by atoms with E-state index in [2.05, 4.69) is 66.8 Å². The first-order chi connectivity index (χ1) is 13.6. The van der Waals surface area contributed by atoms with Gasteiger partial charge < -0.3 is 10.1 Å². The Balaban J connectivity index is 0.00000240. The second-order valence-corrected chi connectivity index (χ2v) is 6.83. The summed E-state index contributed by atoms with van der Waals surface area (Å²) < 4.78 is 7.45. The first-order valence-corrected chi connectivity index (χ1v) is 9.28. The second kappa shape index (κ2) is 7.61. The predicted octanol–water partition coefficient (Wildman–Crippen LogP) is 6.15. The lowest BCUT2D eigenvalue weighted by Gasteiger charge is -2.13. The van der Waals surface area contributed by atoms with Gasteiger partial charge >= 0.3 is 0 Å². The van der Waals surface area contributed by atoms with Gasteiger partial charge in [-0.05, 0) is 61.9 Å². The summed E-state index contributed by atoms with van der Waals surface area (Å²) in [6.45, 7) is 4.12. The molecule has 0 aliphatic carbocycles. The Morgan fingerprint density at radius 2 is 1.71 bits per heavy atom. The molecule has 0 aliphatic rings. The second-order valence-electron chi connectivity index (χ2n) is 6.83. The van der Waals surface area contributed by atoms with Crippen molar-refractivity contribution in [1.29, 1.82) is 0 Å². The minimum Gasteiger partial charge on any atom is -0.495 e. The minimum atomic E-state index is 0. The van der Waals surface area contributed by atoms with Crippen LogP contribution in [0.4, 0.5) is 11.4 Å². The molecule has 28 heavy (non-hydrogen) atoms. The molecule has 3 aromatic carbocycles. The van der Waals surface area contributed by atoms with E-state index < -0.39 is 0 Å². The number of para-hydroxylation sites is 2. The number of methoxy groups -OCH3 is 1. The number of rotatable bonds is 5. The van der Waals surface area contributed by atoms with Gasteiger partial charge in [-0.2, -0.15) is 5.10 Å². The van der Waals surface area contributed by atoms with Crippen molar-refractivity contribution in [1.82, 2.24) is 9.78 Å². The minimum absolute atomic E-state index is 0. The van der Waals surface area contributed by atoms with Crippen LogP contribution in [0.3, 0.4) is 0 Å². The van der Waals surface area contributed by atoms with Gasteiger partial charge in [-0.25, -0.2) is 4.68 Å². The first-order valence-electron chi connectivity index (χ1n) is 9.28. The van der Waals surface area contributed by atoms with Gasteiger partial charge in [0.1, 0.15) is 5.75 Å². The molecule has 0 saturated carbocycles. The number of ether oxygens (including phenoxy) is 1. The predicted molar refractivity (Wildman–Crippen MR) is 117 cm³/mol. The lowest BCUT2D eigenvalue weighted by atomic mass is 10.1. The van der Waals surface area contributed by atoms with Gasteiger partial charge in [0.15, 0.2) is 0 Å². The van der Waals surface area contributed by atoms with Crippen LogP contribution in [0.1, 0.15) is 12.7 Å². The third-order valence-electron chi connectivity index (χ3n) is 4.62. The molecule has 0 unspecified atom stereocenters. The third kappa shape index (κ3) is 3.62. The molecule has 142 valence electrons. The highest BCUT2D eigenvalue weighted by Gasteiger charge is 2.11. The van der Waals surface area contributed by atoms with Crippen molar-refractivity contribution in [3.05, 3.63) is 90.1 Å². The SMILES string of the molecule is COc1ccccc1Nc1cccc(-c2cc(C)nn2-c2cccc(C)c2)c1.[HH]. The zero-order chi connectivity index (χ0) is 19.5. The van der Waals surface area contributed by atoms with E-state index in [0.717, 1.165) is 39.8 Å². The average Bonchev–Trinajstić information content (AvgIpc) is 3.10. The van der Waals surface area contributed by atoms with Crippen LogP contribution >= 0.6 is 0 Å². The molecular weight excluding hydrogens is 346 g/mol. The molecule has 4 aromatic rings. The van der Waals surface area contributed by atoms with Crippen LogP contribution in [0.15, 0.2) is 78.9 Å². The van der Waals surface area contributed by atoms with E-state index in [0.29, 0.717) is 0 Å². The summed E-state index contributed by atoms with van der Waals surface area (Å²) in [6.07, 6.45) is 0. The van der Waals surface area contributed by atoms with Gasteiger partial charge in [-0.3, -0.25) is 0 Å². The normalized spacial score (nSPS) is 10.7. The Morgan fingerprint density at radius 3 is 2.54 bits per heavy atom. The fourth-order valence-corrected chi connectivity index (χ4v) is 3.32. The summed E-state index contributed by atoms with van der Waals surface area (Å²) in [5.74, 6) is 0.813. The summed E-state index contributed by atoms with van der Waals surface area (Å²) in [4.78, 5) is 0. The van der Waals surface area contributed by atoms with E-state index in [1.807, 2.05) is 35.9 Å². The van der Waals surface area contributed by atoms with Crippen LogP contribution in [0.5, 0.6) is 5.75 Å². The molecule has 0 bridgehead atoms. The summed E-state index contributed by atoms with van der Waals surface area (Å²) in [5, 5.41) is 8.17. The molecule has 4 nitrogen and oxygen atoms in total. The number of aryl methyl sites for hydroxylation is 2. The summed E-state index contributed by atoms with van der Waals surface area (Å²) >= 11 is 0. The molecule has 0 saturated heterocycles. The number of nitrogens with one attached hydrogen (secondary N) is 1. The van der Waals surface area contributed by atoms with E-state index in [1.165, 1.54) is 5.56 Å². The smallest absolute Gasteiger partial charge is 0.142 e. The van der Waals surface area contributed by atoms with Crippen molar-refractivity contribution in [2.24, 2.45) is 0 Å². The Morgan fingerprint density at radius 1 is 0.893 bits per heavy atom. The molecule has 1 aromatic heterocycles. The number of nitrogens with zero attached hydrogens (tertiary/aromatic N) is 2. The topological polar surface area (TPSA) is 39.1 Å². The van der Waals surface area contributed by atoms with Crippen LogP contribution in [0.2, 0.25) is 0 Å². The van der Waals surface area contributed by atoms with E-state index in [-0.39, 0.29) is 1.43 Å².